The second kappa shape index (κ2) is 6.24. The molecule has 112 valence electrons. The molecule has 0 radical (unpaired) electrons. The van der Waals surface area contributed by atoms with Crippen molar-refractivity contribution in [2.75, 3.05) is 6.79 Å². The van der Waals surface area contributed by atoms with E-state index in [0.29, 0.717) is 6.79 Å². The Hall–Kier alpha value is -0.910. The van der Waals surface area contributed by atoms with Crippen LogP contribution in [0.3, 0.4) is 0 Å². The fraction of sp³-hybridized carbons (Fsp3) is 0.600. The Balaban J connectivity index is 1.99. The molecule has 0 amide bonds. The summed E-state index contributed by atoms with van der Waals surface area (Å²) in [7, 11) is 0. The van der Waals surface area contributed by atoms with Gasteiger partial charge in [0.25, 0.3) is 0 Å². The first kappa shape index (κ1) is 15.5. The number of hydrogen-bond donors (Lipinski definition) is 1. The lowest BCUT2D eigenvalue weighted by molar-refractivity contribution is 0.174. The van der Waals surface area contributed by atoms with Gasteiger partial charge in [-0.1, -0.05) is 13.0 Å². The fourth-order valence-electron chi connectivity index (χ4n) is 1.95. The molecule has 0 saturated heterocycles. The molecule has 1 aromatic rings. The van der Waals surface area contributed by atoms with E-state index in [1.54, 1.807) is 0 Å². The Morgan fingerprint density at radius 3 is 2.65 bits per heavy atom. The Labute approximate surface area is 124 Å². The summed E-state index contributed by atoms with van der Waals surface area (Å²) < 4.78 is 25.8. The van der Waals surface area contributed by atoms with Gasteiger partial charge in [0.15, 0.2) is 11.5 Å². The minimum Gasteiger partial charge on any atom is -0.598 e. The summed E-state index contributed by atoms with van der Waals surface area (Å²) in [5, 5.41) is 0. The maximum atomic E-state index is 12.2. The van der Waals surface area contributed by atoms with E-state index < -0.39 is 11.4 Å². The quantitative estimate of drug-likeness (QED) is 0.849. The van der Waals surface area contributed by atoms with Crippen LogP contribution in [0, 0.1) is 0 Å². The highest BCUT2D eigenvalue weighted by Gasteiger charge is 2.28. The van der Waals surface area contributed by atoms with Gasteiger partial charge in [0.1, 0.15) is 4.75 Å². The van der Waals surface area contributed by atoms with Crippen molar-refractivity contribution in [1.82, 2.24) is 4.72 Å². The minimum atomic E-state index is -1.05. The molecule has 1 aromatic carbocycles. The normalized spacial score (nSPS) is 17.1. The van der Waals surface area contributed by atoms with Crippen molar-refractivity contribution in [2.45, 2.75) is 51.3 Å². The van der Waals surface area contributed by atoms with Crippen molar-refractivity contribution in [3.8, 4) is 11.5 Å². The summed E-state index contributed by atoms with van der Waals surface area (Å²) in [6.45, 7) is 8.32. The zero-order chi connectivity index (χ0) is 14.8. The van der Waals surface area contributed by atoms with E-state index >= 15 is 0 Å². The summed E-state index contributed by atoms with van der Waals surface area (Å²) in [6.07, 6.45) is 1.76. The molecule has 0 aromatic heterocycles. The van der Waals surface area contributed by atoms with Crippen LogP contribution in [0.15, 0.2) is 18.2 Å². The highest BCUT2D eigenvalue weighted by Crippen LogP contribution is 2.33. The van der Waals surface area contributed by atoms with E-state index in [2.05, 4.69) is 11.6 Å². The van der Waals surface area contributed by atoms with Crippen LogP contribution in [0.1, 0.15) is 39.7 Å². The molecule has 1 N–H and O–H groups in total. The molecule has 0 saturated carbocycles. The smallest absolute Gasteiger partial charge is 0.231 e. The molecule has 20 heavy (non-hydrogen) atoms. The molecule has 5 heteroatoms. The molecule has 1 aliphatic heterocycles. The third-order valence-corrected chi connectivity index (χ3v) is 4.90. The number of hydrogen-bond acceptors (Lipinski definition) is 4. The summed E-state index contributed by atoms with van der Waals surface area (Å²) in [6, 6.07) is 6.17. The van der Waals surface area contributed by atoms with Gasteiger partial charge in [-0.2, -0.15) is 0 Å². The molecule has 2 rings (SSSR count). The lowest BCUT2D eigenvalue weighted by Crippen LogP contribution is -2.45. The number of nitrogens with one attached hydrogen (secondary N) is 1. The summed E-state index contributed by atoms with van der Waals surface area (Å²) in [4.78, 5) is 0. The Bertz CT molecular complexity index is 459. The van der Waals surface area contributed by atoms with Gasteiger partial charge in [0.2, 0.25) is 6.79 Å². The molecular weight excluding hydrogens is 274 g/mol. The van der Waals surface area contributed by atoms with Crippen LogP contribution in [0.5, 0.6) is 11.5 Å². The molecule has 2 atom stereocenters. The largest absolute Gasteiger partial charge is 0.598 e. The van der Waals surface area contributed by atoms with Crippen molar-refractivity contribution in [1.29, 1.82) is 0 Å². The average molecular weight is 297 g/mol. The van der Waals surface area contributed by atoms with E-state index in [4.69, 9.17) is 9.47 Å². The summed E-state index contributed by atoms with van der Waals surface area (Å²) >= 11 is -1.05. The van der Waals surface area contributed by atoms with Crippen LogP contribution in [-0.2, 0) is 17.8 Å². The molecule has 1 heterocycles. The van der Waals surface area contributed by atoms with Gasteiger partial charge in [-0.15, -0.1) is 4.72 Å². The van der Waals surface area contributed by atoms with Crippen LogP contribution in [-0.4, -0.2) is 22.1 Å². The molecular formula is C15H23NO3S. The maximum Gasteiger partial charge on any atom is 0.231 e. The van der Waals surface area contributed by atoms with Gasteiger partial charge < -0.3 is 14.0 Å². The van der Waals surface area contributed by atoms with E-state index in [0.717, 1.165) is 24.3 Å². The van der Waals surface area contributed by atoms with Crippen molar-refractivity contribution in [2.24, 2.45) is 0 Å². The van der Waals surface area contributed by atoms with Crippen molar-refractivity contribution >= 4 is 11.4 Å². The van der Waals surface area contributed by atoms with E-state index in [-0.39, 0.29) is 10.8 Å². The molecule has 0 bridgehead atoms. The SMILES string of the molecule is CC[C@@H](Cc1ccc2c(c1)OCO2)N[S+]([O-])C(C)(C)C. The first-order valence-electron chi connectivity index (χ1n) is 6.96. The number of fused-ring (bicyclic) bond motifs is 1. The molecule has 1 unspecified atom stereocenters. The first-order valence-corrected chi connectivity index (χ1v) is 8.11. The van der Waals surface area contributed by atoms with Crippen LogP contribution in [0.2, 0.25) is 0 Å². The third-order valence-electron chi connectivity index (χ3n) is 3.24. The van der Waals surface area contributed by atoms with Crippen molar-refractivity contribution in [3.05, 3.63) is 23.8 Å². The minimum absolute atomic E-state index is 0.190. The molecule has 0 spiro atoms. The molecule has 0 fully saturated rings. The second-order valence-electron chi connectivity index (χ2n) is 6.00. The summed E-state index contributed by atoms with van der Waals surface area (Å²) in [5.41, 5.74) is 1.17. The maximum absolute atomic E-state index is 12.2. The van der Waals surface area contributed by atoms with Crippen molar-refractivity contribution < 1.29 is 14.0 Å². The standard InChI is InChI=1S/C15H23NO3S/c1-5-12(16-20(17)15(2,3)4)8-11-6-7-13-14(9-11)19-10-18-13/h6-7,9,12,16H,5,8,10H2,1-4H3/t12-,20?/m0/s1. The zero-order valence-electron chi connectivity index (χ0n) is 12.6. The third kappa shape index (κ3) is 3.81. The van der Waals surface area contributed by atoms with E-state index in [9.17, 15) is 4.55 Å². The Kier molecular flexibility index (Phi) is 4.83. The average Bonchev–Trinajstić information content (AvgIpc) is 2.84. The zero-order valence-corrected chi connectivity index (χ0v) is 13.4. The highest BCUT2D eigenvalue weighted by molar-refractivity contribution is 7.90. The molecule has 0 aliphatic carbocycles. The van der Waals surface area contributed by atoms with Gasteiger partial charge in [0.05, 0.1) is 6.04 Å². The lowest BCUT2D eigenvalue weighted by Gasteiger charge is -2.27. The first-order chi connectivity index (χ1) is 9.40. The van der Waals surface area contributed by atoms with Crippen molar-refractivity contribution in [3.63, 3.8) is 0 Å². The number of ether oxygens (including phenoxy) is 2. The lowest BCUT2D eigenvalue weighted by atomic mass is 10.0. The topological polar surface area (TPSA) is 53.5 Å². The Morgan fingerprint density at radius 2 is 2.00 bits per heavy atom. The Morgan fingerprint density at radius 1 is 1.30 bits per heavy atom. The van der Waals surface area contributed by atoms with Gasteiger partial charge in [-0.3, -0.25) is 0 Å². The van der Waals surface area contributed by atoms with Crippen LogP contribution in [0.4, 0.5) is 0 Å². The monoisotopic (exact) mass is 297 g/mol. The molecule has 4 nitrogen and oxygen atoms in total. The predicted octanol–water partition coefficient (Wildman–Crippen LogP) is 2.79. The van der Waals surface area contributed by atoms with Gasteiger partial charge >= 0.3 is 0 Å². The number of rotatable bonds is 5. The van der Waals surface area contributed by atoms with Crippen LogP contribution < -0.4 is 14.2 Å². The predicted molar refractivity (Wildman–Crippen MR) is 81.4 cm³/mol. The summed E-state index contributed by atoms with van der Waals surface area (Å²) in [5.74, 6) is 1.60. The molecule has 1 aliphatic rings. The fourth-order valence-corrected chi connectivity index (χ4v) is 2.86. The van der Waals surface area contributed by atoms with Gasteiger partial charge in [-0.25, -0.2) is 0 Å². The number of benzene rings is 1. The van der Waals surface area contributed by atoms with E-state index in [1.165, 1.54) is 5.56 Å². The van der Waals surface area contributed by atoms with Gasteiger partial charge in [0, 0.05) is 11.4 Å². The van der Waals surface area contributed by atoms with Crippen LogP contribution in [0.25, 0.3) is 0 Å². The van der Waals surface area contributed by atoms with Crippen LogP contribution >= 0.6 is 0 Å². The van der Waals surface area contributed by atoms with E-state index in [1.807, 2.05) is 39.0 Å². The second-order valence-corrected chi connectivity index (χ2v) is 7.99. The van der Waals surface area contributed by atoms with Gasteiger partial charge in [-0.05, 0) is 51.3 Å². The highest BCUT2D eigenvalue weighted by atomic mass is 32.2.